The third-order valence-corrected chi connectivity index (χ3v) is 4.70. The molecule has 0 saturated carbocycles. The molecule has 2 aromatic carbocycles. The SMILES string of the molecule is C/C(=N/C#N)N1CCC(Nc2ccccc2Oc2ccc(Cl)cc2)CC1. The summed E-state index contributed by atoms with van der Waals surface area (Å²) in [6.45, 7) is 3.65. The summed E-state index contributed by atoms with van der Waals surface area (Å²) >= 11 is 5.93. The van der Waals surface area contributed by atoms with Crippen LogP contribution in [-0.4, -0.2) is 29.9 Å². The van der Waals surface area contributed by atoms with Gasteiger partial charge in [0.1, 0.15) is 11.6 Å². The molecule has 0 amide bonds. The summed E-state index contributed by atoms with van der Waals surface area (Å²) in [6, 6.07) is 15.6. The van der Waals surface area contributed by atoms with Gasteiger partial charge in [0, 0.05) is 24.2 Å². The first-order chi connectivity index (χ1) is 12.7. The molecule has 1 N–H and O–H groups in total. The molecule has 0 radical (unpaired) electrons. The number of aliphatic imine (C=N–C) groups is 1. The van der Waals surface area contributed by atoms with Gasteiger partial charge in [-0.3, -0.25) is 0 Å². The number of rotatable bonds is 4. The Morgan fingerprint density at radius 3 is 2.58 bits per heavy atom. The number of nitrogens with zero attached hydrogens (tertiary/aromatic N) is 3. The zero-order valence-corrected chi connectivity index (χ0v) is 15.4. The van der Waals surface area contributed by atoms with Crippen molar-refractivity contribution in [2.75, 3.05) is 18.4 Å². The van der Waals surface area contributed by atoms with Crippen molar-refractivity contribution in [3.8, 4) is 17.7 Å². The number of hydrogen-bond donors (Lipinski definition) is 1. The molecule has 1 heterocycles. The number of ether oxygens (including phenoxy) is 1. The van der Waals surface area contributed by atoms with Crippen molar-refractivity contribution in [3.05, 3.63) is 53.6 Å². The summed E-state index contributed by atoms with van der Waals surface area (Å²) in [4.78, 5) is 5.97. The zero-order valence-electron chi connectivity index (χ0n) is 14.7. The Bertz CT molecular complexity index is 805. The Labute approximate surface area is 158 Å². The minimum absolute atomic E-state index is 0.358. The fraction of sp³-hybridized carbons (Fsp3) is 0.300. The molecule has 1 saturated heterocycles. The Morgan fingerprint density at radius 1 is 1.19 bits per heavy atom. The van der Waals surface area contributed by atoms with Crippen molar-refractivity contribution in [1.29, 1.82) is 5.26 Å². The summed E-state index contributed by atoms with van der Waals surface area (Å²) in [6.07, 6.45) is 3.82. The van der Waals surface area contributed by atoms with Gasteiger partial charge < -0.3 is 15.0 Å². The number of amidine groups is 1. The second-order valence-electron chi connectivity index (χ2n) is 6.22. The molecular formula is C20H21ClN4O. The molecule has 0 aromatic heterocycles. The van der Waals surface area contributed by atoms with Crippen LogP contribution in [-0.2, 0) is 0 Å². The molecule has 5 nitrogen and oxygen atoms in total. The van der Waals surface area contributed by atoms with Gasteiger partial charge >= 0.3 is 0 Å². The van der Waals surface area contributed by atoms with E-state index in [2.05, 4.69) is 15.2 Å². The number of para-hydroxylation sites is 2. The number of likely N-dealkylation sites (tertiary alicyclic amines) is 1. The number of halogens is 1. The lowest BCUT2D eigenvalue weighted by Gasteiger charge is -2.33. The minimum atomic E-state index is 0.358. The molecule has 0 spiro atoms. The van der Waals surface area contributed by atoms with E-state index in [0.29, 0.717) is 11.1 Å². The van der Waals surface area contributed by atoms with E-state index in [1.54, 1.807) is 0 Å². The molecule has 1 aliphatic rings. The summed E-state index contributed by atoms with van der Waals surface area (Å²) in [7, 11) is 0. The molecule has 0 aliphatic carbocycles. The van der Waals surface area contributed by atoms with Crippen LogP contribution in [0.3, 0.4) is 0 Å². The average Bonchev–Trinajstić information content (AvgIpc) is 2.66. The maximum atomic E-state index is 8.68. The van der Waals surface area contributed by atoms with E-state index in [9.17, 15) is 0 Å². The van der Waals surface area contributed by atoms with E-state index in [1.807, 2.05) is 61.6 Å². The molecule has 0 unspecified atom stereocenters. The molecule has 0 bridgehead atoms. The van der Waals surface area contributed by atoms with Gasteiger partial charge in [0.05, 0.1) is 5.69 Å². The van der Waals surface area contributed by atoms with E-state index in [1.165, 1.54) is 0 Å². The van der Waals surface area contributed by atoms with Crippen LogP contribution in [0.1, 0.15) is 19.8 Å². The lowest BCUT2D eigenvalue weighted by molar-refractivity contribution is 0.322. The molecule has 1 fully saturated rings. The monoisotopic (exact) mass is 368 g/mol. The second-order valence-corrected chi connectivity index (χ2v) is 6.65. The topological polar surface area (TPSA) is 60.7 Å². The van der Waals surface area contributed by atoms with Gasteiger partial charge in [-0.1, -0.05) is 23.7 Å². The van der Waals surface area contributed by atoms with Crippen LogP contribution in [0.4, 0.5) is 5.69 Å². The lowest BCUT2D eigenvalue weighted by Crippen LogP contribution is -2.41. The molecule has 3 rings (SSSR count). The molecule has 1 aliphatic heterocycles. The highest BCUT2D eigenvalue weighted by atomic mass is 35.5. The second kappa shape index (κ2) is 8.59. The molecule has 26 heavy (non-hydrogen) atoms. The third kappa shape index (κ3) is 4.68. The number of piperidine rings is 1. The van der Waals surface area contributed by atoms with Gasteiger partial charge in [-0.05, 0) is 56.2 Å². The molecule has 134 valence electrons. The molecule has 6 heteroatoms. The number of benzene rings is 2. The van der Waals surface area contributed by atoms with Crippen LogP contribution in [0.2, 0.25) is 5.02 Å². The van der Waals surface area contributed by atoms with Crippen LogP contribution in [0.5, 0.6) is 11.5 Å². The maximum absolute atomic E-state index is 8.68. The summed E-state index contributed by atoms with van der Waals surface area (Å²) < 4.78 is 6.01. The van der Waals surface area contributed by atoms with Crippen molar-refractivity contribution in [3.63, 3.8) is 0 Å². The van der Waals surface area contributed by atoms with Crippen molar-refractivity contribution < 1.29 is 4.74 Å². The zero-order chi connectivity index (χ0) is 18.4. The predicted octanol–water partition coefficient (Wildman–Crippen LogP) is 4.91. The highest BCUT2D eigenvalue weighted by molar-refractivity contribution is 6.30. The Balaban J connectivity index is 1.63. The summed E-state index contributed by atoms with van der Waals surface area (Å²) in [5.74, 6) is 2.33. The van der Waals surface area contributed by atoms with E-state index >= 15 is 0 Å². The number of anilines is 1. The van der Waals surface area contributed by atoms with Gasteiger partial charge in [0.25, 0.3) is 0 Å². The number of nitrogens with one attached hydrogen (secondary N) is 1. The number of nitriles is 1. The Morgan fingerprint density at radius 2 is 1.88 bits per heavy atom. The minimum Gasteiger partial charge on any atom is -0.455 e. The fourth-order valence-corrected chi connectivity index (χ4v) is 3.14. The first-order valence-corrected chi connectivity index (χ1v) is 9.01. The van der Waals surface area contributed by atoms with Gasteiger partial charge in [-0.25, -0.2) is 0 Å². The van der Waals surface area contributed by atoms with E-state index in [4.69, 9.17) is 21.6 Å². The molecule has 0 atom stereocenters. The lowest BCUT2D eigenvalue weighted by atomic mass is 10.0. The van der Waals surface area contributed by atoms with Gasteiger partial charge in [0.2, 0.25) is 6.19 Å². The van der Waals surface area contributed by atoms with Gasteiger partial charge in [-0.15, -0.1) is 0 Å². The predicted molar refractivity (Wildman–Crippen MR) is 105 cm³/mol. The van der Waals surface area contributed by atoms with Crippen molar-refractivity contribution in [1.82, 2.24) is 4.90 Å². The van der Waals surface area contributed by atoms with Crippen LogP contribution in [0, 0.1) is 11.5 Å². The Hall–Kier alpha value is -2.71. The standard InChI is InChI=1S/C20H21ClN4O/c1-15(23-14-22)25-12-10-17(11-13-25)24-19-4-2-3-5-20(19)26-18-8-6-16(21)7-9-18/h2-9,17,24H,10-13H2,1H3/b23-15-. The first-order valence-electron chi connectivity index (χ1n) is 8.63. The van der Waals surface area contributed by atoms with Gasteiger partial charge in [0.15, 0.2) is 5.75 Å². The Kier molecular flexibility index (Phi) is 5.98. The summed E-state index contributed by atoms with van der Waals surface area (Å²) in [5, 5.41) is 13.0. The van der Waals surface area contributed by atoms with Crippen LogP contribution in [0.25, 0.3) is 0 Å². The van der Waals surface area contributed by atoms with Crippen molar-refractivity contribution in [2.45, 2.75) is 25.8 Å². The van der Waals surface area contributed by atoms with E-state index < -0.39 is 0 Å². The van der Waals surface area contributed by atoms with Crippen LogP contribution >= 0.6 is 11.6 Å². The molecular weight excluding hydrogens is 348 g/mol. The first kappa shape index (κ1) is 18.1. The van der Waals surface area contributed by atoms with E-state index in [0.717, 1.165) is 49.0 Å². The summed E-state index contributed by atoms with van der Waals surface area (Å²) in [5.41, 5.74) is 0.975. The van der Waals surface area contributed by atoms with E-state index in [-0.39, 0.29) is 0 Å². The van der Waals surface area contributed by atoms with Crippen molar-refractivity contribution in [2.24, 2.45) is 4.99 Å². The number of hydrogen-bond acceptors (Lipinski definition) is 4. The maximum Gasteiger partial charge on any atom is 0.207 e. The van der Waals surface area contributed by atoms with Crippen molar-refractivity contribution >= 4 is 23.1 Å². The fourth-order valence-electron chi connectivity index (χ4n) is 3.01. The highest BCUT2D eigenvalue weighted by Crippen LogP contribution is 2.31. The van der Waals surface area contributed by atoms with Gasteiger partial charge in [-0.2, -0.15) is 10.3 Å². The average molecular weight is 369 g/mol. The highest BCUT2D eigenvalue weighted by Gasteiger charge is 2.20. The van der Waals surface area contributed by atoms with Crippen LogP contribution in [0.15, 0.2) is 53.5 Å². The normalized spacial score (nSPS) is 15.4. The van der Waals surface area contributed by atoms with Crippen LogP contribution < -0.4 is 10.1 Å². The molecule has 2 aromatic rings. The third-order valence-electron chi connectivity index (χ3n) is 4.45. The quantitative estimate of drug-likeness (QED) is 0.473. The smallest absolute Gasteiger partial charge is 0.207 e. The largest absolute Gasteiger partial charge is 0.455 e.